The van der Waals surface area contributed by atoms with E-state index in [1.165, 1.54) is 89.9 Å². The molecule has 1 saturated carbocycles. The first-order valence-electron chi connectivity index (χ1n) is 14.5. The molecule has 2 aromatic rings. The lowest BCUT2D eigenvalue weighted by Crippen LogP contribution is -2.03. The van der Waals surface area contributed by atoms with Crippen molar-refractivity contribution in [3.8, 4) is 23.0 Å². The van der Waals surface area contributed by atoms with Gasteiger partial charge < -0.3 is 9.47 Å². The summed E-state index contributed by atoms with van der Waals surface area (Å²) in [5.41, 5.74) is 1.97. The summed E-state index contributed by atoms with van der Waals surface area (Å²) in [6.45, 7) is 5.77. The van der Waals surface area contributed by atoms with Gasteiger partial charge in [0.25, 0.3) is 0 Å². The average molecular weight is 481 g/mol. The number of aromatic nitrogens is 2. The predicted molar refractivity (Wildman–Crippen MR) is 146 cm³/mol. The van der Waals surface area contributed by atoms with Crippen LogP contribution in [0.15, 0.2) is 30.5 Å². The van der Waals surface area contributed by atoms with Crippen LogP contribution < -0.4 is 9.47 Å². The molecule has 0 unspecified atom stereocenters. The zero-order valence-electron chi connectivity index (χ0n) is 22.4. The van der Waals surface area contributed by atoms with Gasteiger partial charge in [-0.05, 0) is 49.9 Å². The Hall–Kier alpha value is -2.10. The van der Waals surface area contributed by atoms with Crippen molar-refractivity contribution < 1.29 is 9.47 Å². The maximum absolute atomic E-state index is 5.98. The Morgan fingerprint density at radius 2 is 1.40 bits per heavy atom. The molecule has 0 amide bonds. The number of aryl methyl sites for hydroxylation is 1. The second-order valence-electron chi connectivity index (χ2n) is 10.4. The lowest BCUT2D eigenvalue weighted by Gasteiger charge is -2.10. The third kappa shape index (κ3) is 10.6. The van der Waals surface area contributed by atoms with E-state index in [1.54, 1.807) is 0 Å². The second-order valence-corrected chi connectivity index (χ2v) is 10.4. The normalized spacial score (nSPS) is 13.9. The Morgan fingerprint density at radius 3 is 2.11 bits per heavy atom. The van der Waals surface area contributed by atoms with Gasteiger partial charge in [0.05, 0.1) is 13.2 Å². The molecule has 35 heavy (non-hydrogen) atoms. The first-order chi connectivity index (χ1) is 17.3. The van der Waals surface area contributed by atoms with Gasteiger partial charge >= 0.3 is 0 Å². The van der Waals surface area contributed by atoms with E-state index in [2.05, 4.69) is 16.9 Å². The van der Waals surface area contributed by atoms with Crippen LogP contribution >= 0.6 is 0 Å². The molecule has 0 aliphatic heterocycles. The molecule has 3 rings (SSSR count). The Morgan fingerprint density at radius 1 is 0.771 bits per heavy atom. The van der Waals surface area contributed by atoms with Gasteiger partial charge in [-0.2, -0.15) is 4.98 Å². The highest BCUT2D eigenvalue weighted by atomic mass is 16.5. The Balaban J connectivity index is 1.32. The van der Waals surface area contributed by atoms with E-state index in [0.717, 1.165) is 48.8 Å². The molecule has 0 bridgehead atoms. The first kappa shape index (κ1) is 27.5. The van der Waals surface area contributed by atoms with Gasteiger partial charge in [0.15, 0.2) is 5.82 Å². The highest BCUT2D eigenvalue weighted by molar-refractivity contribution is 5.57. The quantitative estimate of drug-likeness (QED) is 0.200. The molecule has 0 spiro atoms. The topological polar surface area (TPSA) is 44.2 Å². The third-order valence-electron chi connectivity index (χ3n) is 7.27. The SMILES string of the molecule is CCCCCCCCOc1nc(-c2ccc(OCCCCCCCC3CCCC3)cc2)ncc1C. The number of benzene rings is 1. The van der Waals surface area contributed by atoms with Gasteiger partial charge in [-0.1, -0.05) is 96.8 Å². The van der Waals surface area contributed by atoms with Gasteiger partial charge in [0.2, 0.25) is 5.88 Å². The lowest BCUT2D eigenvalue weighted by atomic mass is 9.99. The standard InChI is InChI=1S/C31H48N2O2/c1-3-4-5-6-9-15-24-35-31-26(2)25-32-30(33-31)28-19-21-29(22-20-28)34-23-14-10-7-8-11-16-27-17-12-13-18-27/h19-22,25,27H,3-18,23-24H2,1-2H3. The van der Waals surface area contributed by atoms with E-state index in [-0.39, 0.29) is 0 Å². The summed E-state index contributed by atoms with van der Waals surface area (Å²) in [4.78, 5) is 9.20. The van der Waals surface area contributed by atoms with Crippen LogP contribution in [0.1, 0.15) is 115 Å². The molecule has 1 fully saturated rings. The van der Waals surface area contributed by atoms with Gasteiger partial charge in [0.1, 0.15) is 5.75 Å². The van der Waals surface area contributed by atoms with Crippen molar-refractivity contribution in [2.45, 2.75) is 117 Å². The Labute approximate surface area is 214 Å². The van der Waals surface area contributed by atoms with E-state index in [4.69, 9.17) is 9.47 Å². The van der Waals surface area contributed by atoms with E-state index < -0.39 is 0 Å². The van der Waals surface area contributed by atoms with Crippen molar-refractivity contribution in [1.82, 2.24) is 9.97 Å². The van der Waals surface area contributed by atoms with Gasteiger partial charge in [-0.15, -0.1) is 0 Å². The molecule has 1 heterocycles. The number of ether oxygens (including phenoxy) is 2. The Bertz CT molecular complexity index is 815. The lowest BCUT2D eigenvalue weighted by molar-refractivity contribution is 0.291. The van der Waals surface area contributed by atoms with Crippen LogP contribution in [0.5, 0.6) is 11.6 Å². The maximum Gasteiger partial charge on any atom is 0.219 e. The molecule has 0 radical (unpaired) electrons. The monoisotopic (exact) mass is 480 g/mol. The molecule has 4 heteroatoms. The third-order valence-corrected chi connectivity index (χ3v) is 7.27. The number of rotatable bonds is 18. The average Bonchev–Trinajstić information content (AvgIpc) is 3.40. The number of nitrogens with zero attached hydrogens (tertiary/aromatic N) is 2. The van der Waals surface area contributed by atoms with E-state index in [0.29, 0.717) is 11.7 Å². The highest BCUT2D eigenvalue weighted by Crippen LogP contribution is 2.29. The van der Waals surface area contributed by atoms with Crippen molar-refractivity contribution in [2.24, 2.45) is 5.92 Å². The van der Waals surface area contributed by atoms with Crippen molar-refractivity contribution in [2.75, 3.05) is 13.2 Å². The van der Waals surface area contributed by atoms with Gasteiger partial charge in [-0.3, -0.25) is 0 Å². The molecular weight excluding hydrogens is 432 g/mol. The van der Waals surface area contributed by atoms with Crippen molar-refractivity contribution >= 4 is 0 Å². The summed E-state index contributed by atoms with van der Waals surface area (Å²) in [5, 5.41) is 0. The number of hydrogen-bond donors (Lipinski definition) is 0. The molecule has 0 N–H and O–H groups in total. The molecule has 0 atom stereocenters. The van der Waals surface area contributed by atoms with Crippen molar-refractivity contribution in [1.29, 1.82) is 0 Å². The van der Waals surface area contributed by atoms with Crippen molar-refractivity contribution in [3.05, 3.63) is 36.0 Å². The molecule has 194 valence electrons. The predicted octanol–water partition coefficient (Wildman–Crippen LogP) is 9.10. The molecular formula is C31H48N2O2. The molecule has 1 aliphatic carbocycles. The highest BCUT2D eigenvalue weighted by Gasteiger charge is 2.13. The largest absolute Gasteiger partial charge is 0.494 e. The maximum atomic E-state index is 5.98. The zero-order chi connectivity index (χ0) is 24.6. The number of hydrogen-bond acceptors (Lipinski definition) is 4. The fraction of sp³-hybridized carbons (Fsp3) is 0.677. The number of unbranched alkanes of at least 4 members (excludes halogenated alkanes) is 9. The molecule has 0 saturated heterocycles. The van der Waals surface area contributed by atoms with Crippen LogP contribution in [0.4, 0.5) is 0 Å². The molecule has 1 aromatic carbocycles. The van der Waals surface area contributed by atoms with Crippen LogP contribution in [0.3, 0.4) is 0 Å². The zero-order valence-corrected chi connectivity index (χ0v) is 22.4. The summed E-state index contributed by atoms with van der Waals surface area (Å²) < 4.78 is 11.9. The van der Waals surface area contributed by atoms with Crippen LogP contribution in [-0.2, 0) is 0 Å². The van der Waals surface area contributed by atoms with Crippen molar-refractivity contribution in [3.63, 3.8) is 0 Å². The van der Waals surface area contributed by atoms with Crippen LogP contribution in [0, 0.1) is 12.8 Å². The van der Waals surface area contributed by atoms with Crippen LogP contribution in [0.25, 0.3) is 11.4 Å². The minimum atomic E-state index is 0.701. The van der Waals surface area contributed by atoms with Crippen LogP contribution in [-0.4, -0.2) is 23.2 Å². The fourth-order valence-electron chi connectivity index (χ4n) is 5.02. The fourth-order valence-corrected chi connectivity index (χ4v) is 5.02. The molecule has 1 aliphatic rings. The smallest absolute Gasteiger partial charge is 0.219 e. The van der Waals surface area contributed by atoms with Gasteiger partial charge in [-0.25, -0.2) is 4.98 Å². The molecule has 1 aromatic heterocycles. The first-order valence-corrected chi connectivity index (χ1v) is 14.5. The summed E-state index contributed by atoms with van der Waals surface area (Å²) in [6.07, 6.45) is 23.3. The van der Waals surface area contributed by atoms with E-state index in [9.17, 15) is 0 Å². The van der Waals surface area contributed by atoms with Crippen LogP contribution in [0.2, 0.25) is 0 Å². The Kier molecular flexibility index (Phi) is 13.0. The summed E-state index contributed by atoms with van der Waals surface area (Å²) in [5.74, 6) is 3.36. The minimum Gasteiger partial charge on any atom is -0.494 e. The summed E-state index contributed by atoms with van der Waals surface area (Å²) >= 11 is 0. The summed E-state index contributed by atoms with van der Waals surface area (Å²) in [7, 11) is 0. The molecule has 4 nitrogen and oxygen atoms in total. The minimum absolute atomic E-state index is 0.701. The van der Waals surface area contributed by atoms with E-state index >= 15 is 0 Å². The van der Waals surface area contributed by atoms with E-state index in [1.807, 2.05) is 37.4 Å². The second kappa shape index (κ2) is 16.5. The van der Waals surface area contributed by atoms with Gasteiger partial charge in [0, 0.05) is 17.3 Å². The summed E-state index contributed by atoms with van der Waals surface area (Å²) in [6, 6.07) is 8.13.